The minimum Gasteiger partial charge on any atom is -0.326 e. The Kier molecular flexibility index (Phi) is 6.89. The number of para-hydroxylation sites is 1. The quantitative estimate of drug-likeness (QED) is 0.598. The second-order valence-corrected chi connectivity index (χ2v) is 6.03. The molecule has 0 aliphatic carbocycles. The van der Waals surface area contributed by atoms with Gasteiger partial charge in [-0.2, -0.15) is 5.10 Å². The Morgan fingerprint density at radius 3 is 2.24 bits per heavy atom. The lowest BCUT2D eigenvalue weighted by Crippen LogP contribution is -2.20. The van der Waals surface area contributed by atoms with Gasteiger partial charge in [-0.3, -0.25) is 9.59 Å². The number of hydrazone groups is 1. The van der Waals surface area contributed by atoms with Crippen LogP contribution in [-0.4, -0.2) is 18.0 Å². The van der Waals surface area contributed by atoms with Crippen LogP contribution in [0, 0.1) is 0 Å². The van der Waals surface area contributed by atoms with Gasteiger partial charge in [0.2, 0.25) is 11.8 Å². The van der Waals surface area contributed by atoms with Gasteiger partial charge in [0.05, 0.1) is 6.21 Å². The van der Waals surface area contributed by atoms with Crippen molar-refractivity contribution < 1.29 is 9.59 Å². The van der Waals surface area contributed by atoms with Crippen LogP contribution in [0.25, 0.3) is 0 Å². The molecule has 0 heterocycles. The van der Waals surface area contributed by atoms with Gasteiger partial charge in [-0.15, -0.1) is 0 Å². The summed E-state index contributed by atoms with van der Waals surface area (Å²) in [4.78, 5) is 23.5. The molecule has 2 aromatic carbocycles. The van der Waals surface area contributed by atoms with Crippen LogP contribution in [0.15, 0.2) is 59.7 Å². The Morgan fingerprint density at radius 2 is 1.60 bits per heavy atom. The first-order valence-corrected chi connectivity index (χ1v) is 8.31. The summed E-state index contributed by atoms with van der Waals surface area (Å²) in [5.74, 6) is -0.0133. The van der Waals surface area contributed by atoms with E-state index in [1.165, 1.54) is 5.56 Å². The monoisotopic (exact) mass is 337 g/mol. The topological polar surface area (TPSA) is 70.6 Å². The number of carbonyl (C=O) groups is 2. The van der Waals surface area contributed by atoms with Crippen molar-refractivity contribution in [3.8, 4) is 0 Å². The van der Waals surface area contributed by atoms with Crippen molar-refractivity contribution in [1.82, 2.24) is 5.43 Å². The minimum atomic E-state index is -0.293. The van der Waals surface area contributed by atoms with Gasteiger partial charge in [0, 0.05) is 18.5 Å². The normalized spacial score (nSPS) is 10.8. The van der Waals surface area contributed by atoms with Gasteiger partial charge in [0.1, 0.15) is 0 Å². The molecule has 2 aromatic rings. The van der Waals surface area contributed by atoms with Crippen LogP contribution in [0.3, 0.4) is 0 Å². The van der Waals surface area contributed by atoms with E-state index in [4.69, 9.17) is 0 Å². The summed E-state index contributed by atoms with van der Waals surface area (Å²) in [6.07, 6.45) is 1.79. The highest BCUT2D eigenvalue weighted by Gasteiger charge is 2.06. The molecule has 0 spiro atoms. The summed E-state index contributed by atoms with van der Waals surface area (Å²) < 4.78 is 0. The molecule has 2 amide bonds. The van der Waals surface area contributed by atoms with Crippen molar-refractivity contribution in [3.63, 3.8) is 0 Å². The molecule has 130 valence electrons. The summed E-state index contributed by atoms with van der Waals surface area (Å²) in [5.41, 5.74) is 5.32. The van der Waals surface area contributed by atoms with Crippen molar-refractivity contribution in [1.29, 1.82) is 0 Å². The molecular formula is C20H23N3O2. The molecule has 0 aliphatic heterocycles. The molecule has 0 saturated heterocycles. The number of hydrogen-bond donors (Lipinski definition) is 2. The molecule has 0 bridgehead atoms. The van der Waals surface area contributed by atoms with Gasteiger partial charge in [-0.05, 0) is 29.2 Å². The number of anilines is 1. The second kappa shape index (κ2) is 9.37. The average molecular weight is 337 g/mol. The Bertz CT molecular complexity index is 722. The van der Waals surface area contributed by atoms with E-state index in [1.54, 1.807) is 18.3 Å². The maximum Gasteiger partial charge on any atom is 0.240 e. The van der Waals surface area contributed by atoms with Crippen molar-refractivity contribution in [2.24, 2.45) is 5.10 Å². The number of nitrogens with zero attached hydrogens (tertiary/aromatic N) is 1. The zero-order chi connectivity index (χ0) is 18.1. The average Bonchev–Trinajstić information content (AvgIpc) is 2.61. The van der Waals surface area contributed by atoms with E-state index in [1.807, 2.05) is 42.5 Å². The van der Waals surface area contributed by atoms with Crippen molar-refractivity contribution in [3.05, 3.63) is 65.7 Å². The van der Waals surface area contributed by atoms with E-state index in [0.717, 1.165) is 11.3 Å². The first-order chi connectivity index (χ1) is 12.0. The van der Waals surface area contributed by atoms with Crippen molar-refractivity contribution >= 4 is 23.7 Å². The SMILES string of the molecule is CC(C)c1ccc(C=NNC(=O)CCC(=O)Nc2ccccc2)cc1. The largest absolute Gasteiger partial charge is 0.326 e. The van der Waals surface area contributed by atoms with Crippen LogP contribution in [0.1, 0.15) is 43.7 Å². The molecule has 25 heavy (non-hydrogen) atoms. The lowest BCUT2D eigenvalue weighted by molar-refractivity contribution is -0.124. The smallest absolute Gasteiger partial charge is 0.240 e. The van der Waals surface area contributed by atoms with Gasteiger partial charge >= 0.3 is 0 Å². The van der Waals surface area contributed by atoms with E-state index >= 15 is 0 Å². The predicted molar refractivity (Wildman–Crippen MR) is 101 cm³/mol. The van der Waals surface area contributed by atoms with E-state index in [2.05, 4.69) is 29.7 Å². The van der Waals surface area contributed by atoms with Gasteiger partial charge in [-0.25, -0.2) is 5.43 Å². The molecule has 2 rings (SSSR count). The molecule has 0 atom stereocenters. The third kappa shape index (κ3) is 6.59. The highest BCUT2D eigenvalue weighted by Crippen LogP contribution is 2.13. The third-order valence-electron chi connectivity index (χ3n) is 3.64. The van der Waals surface area contributed by atoms with Crippen molar-refractivity contribution in [2.75, 3.05) is 5.32 Å². The number of amides is 2. The maximum atomic E-state index is 11.8. The van der Waals surface area contributed by atoms with Gasteiger partial charge < -0.3 is 5.32 Å². The first kappa shape index (κ1) is 18.4. The fourth-order valence-electron chi connectivity index (χ4n) is 2.17. The van der Waals surface area contributed by atoms with E-state index in [0.29, 0.717) is 5.92 Å². The summed E-state index contributed by atoms with van der Waals surface area (Å²) in [6.45, 7) is 4.27. The lowest BCUT2D eigenvalue weighted by Gasteiger charge is -2.05. The molecule has 0 aromatic heterocycles. The lowest BCUT2D eigenvalue weighted by atomic mass is 10.0. The Labute approximate surface area is 148 Å². The van der Waals surface area contributed by atoms with Crippen LogP contribution in [0.5, 0.6) is 0 Å². The Balaban J connectivity index is 1.72. The van der Waals surface area contributed by atoms with Crippen LogP contribution in [0.2, 0.25) is 0 Å². The highest BCUT2D eigenvalue weighted by molar-refractivity contribution is 5.93. The summed E-state index contributed by atoms with van der Waals surface area (Å²) in [6, 6.07) is 17.1. The van der Waals surface area contributed by atoms with Gasteiger partial charge in [0.15, 0.2) is 0 Å². The molecule has 0 aliphatic rings. The van der Waals surface area contributed by atoms with Crippen LogP contribution in [-0.2, 0) is 9.59 Å². The molecule has 0 fully saturated rings. The standard InChI is InChI=1S/C20H23N3O2/c1-15(2)17-10-8-16(9-11-17)14-21-23-20(25)13-12-19(24)22-18-6-4-3-5-7-18/h3-11,14-15H,12-13H2,1-2H3,(H,22,24)(H,23,25). The first-order valence-electron chi connectivity index (χ1n) is 8.31. The van der Waals surface area contributed by atoms with E-state index in [-0.39, 0.29) is 24.7 Å². The third-order valence-corrected chi connectivity index (χ3v) is 3.64. The number of benzene rings is 2. The van der Waals surface area contributed by atoms with Gasteiger partial charge in [0.25, 0.3) is 0 Å². The zero-order valence-corrected chi connectivity index (χ0v) is 14.5. The van der Waals surface area contributed by atoms with Crippen LogP contribution >= 0.6 is 0 Å². The minimum absolute atomic E-state index is 0.0856. The molecule has 0 radical (unpaired) electrons. The summed E-state index contributed by atoms with van der Waals surface area (Å²) >= 11 is 0. The Hall–Kier alpha value is -2.95. The van der Waals surface area contributed by atoms with Gasteiger partial charge in [-0.1, -0.05) is 56.3 Å². The zero-order valence-electron chi connectivity index (χ0n) is 14.5. The molecular weight excluding hydrogens is 314 g/mol. The Morgan fingerprint density at radius 1 is 0.960 bits per heavy atom. The molecule has 5 heteroatoms. The maximum absolute atomic E-state index is 11.8. The number of rotatable bonds is 7. The second-order valence-electron chi connectivity index (χ2n) is 6.03. The van der Waals surface area contributed by atoms with Crippen LogP contribution in [0.4, 0.5) is 5.69 Å². The van der Waals surface area contributed by atoms with E-state index < -0.39 is 0 Å². The molecule has 0 unspecified atom stereocenters. The molecule has 2 N–H and O–H groups in total. The highest BCUT2D eigenvalue weighted by atomic mass is 16.2. The molecule has 0 saturated carbocycles. The fraction of sp³-hybridized carbons (Fsp3) is 0.250. The fourth-order valence-corrected chi connectivity index (χ4v) is 2.17. The molecule has 5 nitrogen and oxygen atoms in total. The van der Waals surface area contributed by atoms with Crippen molar-refractivity contribution in [2.45, 2.75) is 32.6 Å². The van der Waals surface area contributed by atoms with Crippen LogP contribution < -0.4 is 10.7 Å². The number of nitrogens with one attached hydrogen (secondary N) is 2. The number of hydrogen-bond acceptors (Lipinski definition) is 3. The number of carbonyl (C=O) groups excluding carboxylic acids is 2. The van der Waals surface area contributed by atoms with E-state index in [9.17, 15) is 9.59 Å². The summed E-state index contributed by atoms with van der Waals surface area (Å²) in [7, 11) is 0. The summed E-state index contributed by atoms with van der Waals surface area (Å²) in [5, 5.41) is 6.66. The predicted octanol–water partition coefficient (Wildman–Crippen LogP) is 3.68.